The minimum atomic E-state index is -1.26. The number of carboxylic acid groups (broad SMARTS) is 1. The number of methoxy groups -OCH3 is 1. The fraction of sp³-hybridized carbons (Fsp3) is 0.300. The first kappa shape index (κ1) is 26.5. The largest absolute Gasteiger partial charge is 0.497 e. The van der Waals surface area contributed by atoms with Crippen molar-refractivity contribution in [2.75, 3.05) is 26.7 Å². The molecule has 39 heavy (non-hydrogen) atoms. The summed E-state index contributed by atoms with van der Waals surface area (Å²) in [7, 11) is 1.57. The van der Waals surface area contributed by atoms with Gasteiger partial charge >= 0.3 is 5.97 Å². The molecular weight excluding hydrogens is 504 g/mol. The number of ether oxygens (including phenoxy) is 1. The van der Waals surface area contributed by atoms with Crippen molar-refractivity contribution in [2.24, 2.45) is 5.92 Å². The van der Waals surface area contributed by atoms with Gasteiger partial charge in [-0.3, -0.25) is 14.7 Å². The number of nitrogens with zero attached hydrogens (tertiary/aromatic N) is 3. The Labute approximate surface area is 224 Å². The summed E-state index contributed by atoms with van der Waals surface area (Å²) >= 11 is 0. The first-order chi connectivity index (χ1) is 18.8. The zero-order valence-electron chi connectivity index (χ0n) is 21.6. The van der Waals surface area contributed by atoms with Crippen LogP contribution >= 0.6 is 0 Å². The smallest absolute Gasteiger partial charge is 0.341 e. The summed E-state index contributed by atoms with van der Waals surface area (Å²) in [6, 6.07) is 8.85. The van der Waals surface area contributed by atoms with Crippen molar-refractivity contribution in [1.29, 1.82) is 0 Å². The molecule has 4 aromatic rings. The molecule has 0 amide bonds. The normalized spacial score (nSPS) is 14.9. The molecule has 1 aliphatic rings. The van der Waals surface area contributed by atoms with E-state index < -0.39 is 23.0 Å². The summed E-state index contributed by atoms with van der Waals surface area (Å²) in [5.74, 6) is -1.13. The van der Waals surface area contributed by atoms with Crippen molar-refractivity contribution < 1.29 is 23.4 Å². The molecule has 7 nitrogen and oxygen atoms in total. The monoisotopic (exact) mass is 533 g/mol. The number of pyridine rings is 2. The van der Waals surface area contributed by atoms with Gasteiger partial charge in [-0.05, 0) is 74.7 Å². The third kappa shape index (κ3) is 5.68. The van der Waals surface area contributed by atoms with Gasteiger partial charge in [-0.25, -0.2) is 13.6 Å². The van der Waals surface area contributed by atoms with Crippen LogP contribution in [0.4, 0.5) is 8.78 Å². The summed E-state index contributed by atoms with van der Waals surface area (Å²) in [5.41, 5.74) is 0.757. The molecule has 0 unspecified atom stereocenters. The van der Waals surface area contributed by atoms with E-state index in [-0.39, 0.29) is 16.5 Å². The fourth-order valence-electron chi connectivity index (χ4n) is 5.26. The van der Waals surface area contributed by atoms with E-state index in [0.717, 1.165) is 49.9 Å². The highest BCUT2D eigenvalue weighted by Gasteiger charge is 2.21. The number of hydrogen-bond acceptors (Lipinski definition) is 5. The van der Waals surface area contributed by atoms with Crippen LogP contribution in [0.3, 0.4) is 0 Å². The lowest BCUT2D eigenvalue weighted by Gasteiger charge is -2.31. The van der Waals surface area contributed by atoms with Gasteiger partial charge in [-0.1, -0.05) is 12.2 Å². The summed E-state index contributed by atoms with van der Waals surface area (Å²) in [4.78, 5) is 31.4. The van der Waals surface area contributed by atoms with E-state index in [0.29, 0.717) is 35.8 Å². The second kappa shape index (κ2) is 11.3. The number of rotatable bonds is 8. The molecular formula is C30H29F2N3O4. The number of aromatic nitrogens is 2. The first-order valence-corrected chi connectivity index (χ1v) is 12.9. The van der Waals surface area contributed by atoms with Crippen molar-refractivity contribution in [2.45, 2.75) is 25.8 Å². The van der Waals surface area contributed by atoms with Gasteiger partial charge in [0.05, 0.1) is 23.5 Å². The predicted octanol–water partition coefficient (Wildman–Crippen LogP) is 5.35. The second-order valence-corrected chi connectivity index (χ2v) is 9.87. The molecule has 0 radical (unpaired) electrons. The van der Waals surface area contributed by atoms with Gasteiger partial charge in [-0.15, -0.1) is 0 Å². The number of carbonyl (C=O) groups is 1. The Bertz CT molecular complexity index is 1620. The van der Waals surface area contributed by atoms with Crippen molar-refractivity contribution in [3.63, 3.8) is 0 Å². The van der Waals surface area contributed by atoms with Crippen LogP contribution in [-0.2, 0) is 6.54 Å². The van der Waals surface area contributed by atoms with Gasteiger partial charge < -0.3 is 14.4 Å². The van der Waals surface area contributed by atoms with E-state index in [1.165, 1.54) is 18.5 Å². The van der Waals surface area contributed by atoms with Gasteiger partial charge in [0.15, 0.2) is 0 Å². The van der Waals surface area contributed by atoms with E-state index in [1.807, 2.05) is 22.8 Å². The third-order valence-electron chi connectivity index (χ3n) is 7.44. The number of carboxylic acids is 1. The van der Waals surface area contributed by atoms with Crippen LogP contribution < -0.4 is 10.2 Å². The van der Waals surface area contributed by atoms with Crippen LogP contribution in [0.1, 0.15) is 35.2 Å². The van der Waals surface area contributed by atoms with Crippen LogP contribution in [0.5, 0.6) is 5.75 Å². The molecule has 2 aromatic carbocycles. The molecule has 0 atom stereocenters. The predicted molar refractivity (Wildman–Crippen MR) is 146 cm³/mol. The Hall–Kier alpha value is -4.11. The highest BCUT2D eigenvalue weighted by atomic mass is 19.1. The number of benzene rings is 2. The fourth-order valence-corrected chi connectivity index (χ4v) is 5.26. The molecule has 0 bridgehead atoms. The molecule has 3 heterocycles. The Balaban J connectivity index is 1.31. The van der Waals surface area contributed by atoms with E-state index in [2.05, 4.69) is 9.88 Å². The quantitative estimate of drug-likeness (QED) is 0.308. The van der Waals surface area contributed by atoms with Crippen LogP contribution in [-0.4, -0.2) is 52.3 Å². The maximum Gasteiger partial charge on any atom is 0.341 e. The van der Waals surface area contributed by atoms with Crippen molar-refractivity contribution in [3.05, 3.63) is 87.9 Å². The molecule has 0 spiro atoms. The molecule has 202 valence electrons. The van der Waals surface area contributed by atoms with Gasteiger partial charge in [0.1, 0.15) is 22.9 Å². The number of likely N-dealkylation sites (tertiary alicyclic amines) is 1. The van der Waals surface area contributed by atoms with Gasteiger partial charge in [0, 0.05) is 36.4 Å². The first-order valence-electron chi connectivity index (χ1n) is 12.9. The Morgan fingerprint density at radius 3 is 2.69 bits per heavy atom. The number of piperidine rings is 1. The van der Waals surface area contributed by atoms with E-state index >= 15 is 0 Å². The van der Waals surface area contributed by atoms with Crippen molar-refractivity contribution >= 4 is 33.9 Å². The van der Waals surface area contributed by atoms with Crippen LogP contribution in [0, 0.1) is 17.6 Å². The number of fused-ring (bicyclic) bond motifs is 3. The molecule has 0 saturated carbocycles. The van der Waals surface area contributed by atoms with Crippen LogP contribution in [0.2, 0.25) is 0 Å². The summed E-state index contributed by atoms with van der Waals surface area (Å²) in [6.07, 6.45) is 9.10. The van der Waals surface area contributed by atoms with Crippen molar-refractivity contribution in [3.8, 4) is 5.75 Å². The SMILES string of the molecule is COc1ccc2ncc3c(=O)c(C(=O)O)cn(CCC4CCN(C/C=C/c5cc(F)ccc5F)CC4)c3c2c1. The zero-order chi connectivity index (χ0) is 27.5. The molecule has 5 rings (SSSR count). The Kier molecular flexibility index (Phi) is 7.70. The lowest BCUT2D eigenvalue weighted by Crippen LogP contribution is -2.34. The molecule has 1 N–H and O–H groups in total. The number of aryl methyl sites for hydroxylation is 1. The maximum atomic E-state index is 13.8. The molecule has 2 aromatic heterocycles. The van der Waals surface area contributed by atoms with Crippen molar-refractivity contribution in [1.82, 2.24) is 14.5 Å². The third-order valence-corrected chi connectivity index (χ3v) is 7.44. The lowest BCUT2D eigenvalue weighted by molar-refractivity contribution is 0.0694. The van der Waals surface area contributed by atoms with E-state index in [1.54, 1.807) is 19.3 Å². The minimum absolute atomic E-state index is 0.235. The average Bonchev–Trinajstić information content (AvgIpc) is 2.94. The number of hydrogen-bond donors (Lipinski definition) is 1. The van der Waals surface area contributed by atoms with E-state index in [9.17, 15) is 23.5 Å². The summed E-state index contributed by atoms with van der Waals surface area (Å²) < 4.78 is 34.5. The zero-order valence-corrected chi connectivity index (χ0v) is 21.6. The van der Waals surface area contributed by atoms with Crippen LogP contribution in [0.15, 0.2) is 59.7 Å². The maximum absolute atomic E-state index is 13.8. The summed E-state index contributed by atoms with van der Waals surface area (Å²) in [5, 5.41) is 10.7. The molecule has 1 aliphatic heterocycles. The highest BCUT2D eigenvalue weighted by Crippen LogP contribution is 2.28. The van der Waals surface area contributed by atoms with Gasteiger partial charge in [-0.2, -0.15) is 0 Å². The topological polar surface area (TPSA) is 84.7 Å². The second-order valence-electron chi connectivity index (χ2n) is 9.87. The molecule has 1 saturated heterocycles. The summed E-state index contributed by atoms with van der Waals surface area (Å²) in [6.45, 7) is 2.94. The Morgan fingerprint density at radius 1 is 1.15 bits per heavy atom. The Morgan fingerprint density at radius 2 is 1.95 bits per heavy atom. The average molecular weight is 534 g/mol. The molecule has 9 heteroatoms. The van der Waals surface area contributed by atoms with Gasteiger partial charge in [0.2, 0.25) is 5.43 Å². The van der Waals surface area contributed by atoms with Crippen LogP contribution in [0.25, 0.3) is 27.9 Å². The van der Waals surface area contributed by atoms with E-state index in [4.69, 9.17) is 4.74 Å². The number of halogens is 2. The molecule has 1 fully saturated rings. The highest BCUT2D eigenvalue weighted by molar-refractivity contribution is 6.05. The number of aromatic carboxylic acids is 1. The van der Waals surface area contributed by atoms with Gasteiger partial charge in [0.25, 0.3) is 0 Å². The lowest BCUT2D eigenvalue weighted by atomic mass is 9.93. The molecule has 0 aliphatic carbocycles. The standard InChI is InChI=1S/C30H29F2N3O4/c1-39-22-5-7-27-23(16-22)28-24(17-33-27)29(36)25(30(37)38)18-35(28)14-10-19-8-12-34(13-9-19)11-2-3-20-15-21(31)4-6-26(20)32/h2-7,15-19H,8-14H2,1H3,(H,37,38)/b3-2+. The minimum Gasteiger partial charge on any atom is -0.497 e.